The standard InChI is InChI=1S/C25H21NO6S3.C22H21NO4S.C21H18FNO4S/c27-25(28)23-12-5-4-8-19(23)14-13-18-7-6-9-20(15-18)26-35(31,32)24-16-22(17-33-24)34(29,30)21-10-2-1-3-11-21;1-16-6-4-10-20(14-16)28(26,27)23-19-9-5-7-17(15-19)12-13-18-8-2-3-11-21(18)22(24)25;22-17-7-4-9-19(14-17)28(26,27)23-18-8-3-5-15(13-18)11-12-16-6-1-2-10-20(16)21(24)25/h1-12,15-17,26H,13-14H2,(H,27,28);2-11,14-15,23H,12-13H2,1H3,(H,24,25);1-10,13-14,23H,11-12H2,(H,24,25). The van der Waals surface area contributed by atoms with Crippen molar-refractivity contribution in [1.29, 1.82) is 0 Å². The molecule has 0 unspecified atom stereocenters. The molecule has 0 saturated heterocycles. The van der Waals surface area contributed by atoms with Crippen molar-refractivity contribution < 1.29 is 67.8 Å². The Balaban J connectivity index is 0.000000178. The number of carboxylic acid groups (broad SMARTS) is 3. The van der Waals surface area contributed by atoms with Crippen LogP contribution < -0.4 is 14.2 Å². The molecule has 91 heavy (non-hydrogen) atoms. The number of carboxylic acids is 3. The van der Waals surface area contributed by atoms with Crippen molar-refractivity contribution in [3.05, 3.63) is 297 Å². The molecule has 0 fully saturated rings. The molecule has 0 aliphatic heterocycles. The maximum absolute atomic E-state index is 13.3. The fraction of sp³-hybridized carbons (Fsp3) is 0.103. The van der Waals surface area contributed by atoms with Crippen LogP contribution in [0.2, 0.25) is 0 Å². The van der Waals surface area contributed by atoms with Crippen LogP contribution in [-0.4, -0.2) is 66.9 Å². The van der Waals surface area contributed by atoms with Gasteiger partial charge in [0.1, 0.15) is 10.0 Å². The number of hydrogen-bond acceptors (Lipinski definition) is 12. The molecular formula is C68H60FN3O14S5. The van der Waals surface area contributed by atoms with Gasteiger partial charge in [-0.1, -0.05) is 127 Å². The molecule has 1 heterocycles. The maximum Gasteiger partial charge on any atom is 0.335 e. The van der Waals surface area contributed by atoms with Gasteiger partial charge in [-0.25, -0.2) is 52.4 Å². The van der Waals surface area contributed by atoms with Gasteiger partial charge < -0.3 is 15.3 Å². The smallest absolute Gasteiger partial charge is 0.335 e. The summed E-state index contributed by atoms with van der Waals surface area (Å²) in [6, 6.07) is 61.7. The van der Waals surface area contributed by atoms with E-state index in [0.29, 0.717) is 72.3 Å². The van der Waals surface area contributed by atoms with E-state index in [0.717, 1.165) is 51.3 Å². The minimum atomic E-state index is -4.01. The Morgan fingerprint density at radius 2 is 0.736 bits per heavy atom. The van der Waals surface area contributed by atoms with Crippen LogP contribution in [0.15, 0.2) is 260 Å². The van der Waals surface area contributed by atoms with Crippen LogP contribution in [0.5, 0.6) is 0 Å². The first-order valence-electron chi connectivity index (χ1n) is 27.9. The summed E-state index contributed by atoms with van der Waals surface area (Å²) in [5.41, 5.74) is 7.56. The van der Waals surface area contributed by atoms with Crippen molar-refractivity contribution >= 4 is 86.2 Å². The zero-order chi connectivity index (χ0) is 65.3. The number of rotatable bonds is 23. The van der Waals surface area contributed by atoms with Crippen molar-refractivity contribution in [3.63, 3.8) is 0 Å². The van der Waals surface area contributed by atoms with Crippen LogP contribution in [-0.2, 0) is 78.4 Å². The highest BCUT2D eigenvalue weighted by Gasteiger charge is 2.25. The van der Waals surface area contributed by atoms with Crippen LogP contribution in [0.3, 0.4) is 0 Å². The molecule has 0 atom stereocenters. The van der Waals surface area contributed by atoms with E-state index in [4.69, 9.17) is 0 Å². The van der Waals surface area contributed by atoms with Gasteiger partial charge in [0.25, 0.3) is 30.1 Å². The lowest BCUT2D eigenvalue weighted by Gasteiger charge is -2.11. The number of aryl methyl sites for hydroxylation is 7. The fourth-order valence-corrected chi connectivity index (χ4v) is 15.6. The van der Waals surface area contributed by atoms with Crippen LogP contribution in [0.1, 0.15) is 70.0 Å². The maximum atomic E-state index is 13.3. The van der Waals surface area contributed by atoms with Gasteiger partial charge >= 0.3 is 17.9 Å². The van der Waals surface area contributed by atoms with Crippen molar-refractivity contribution in [3.8, 4) is 0 Å². The lowest BCUT2D eigenvalue weighted by Crippen LogP contribution is -2.13. The molecular weight excluding hydrogens is 1260 g/mol. The molecule has 0 bridgehead atoms. The Labute approximate surface area is 531 Å². The molecule has 10 aromatic rings. The number of halogens is 1. The number of carbonyl (C=O) groups is 3. The lowest BCUT2D eigenvalue weighted by molar-refractivity contribution is 0.0684. The molecule has 0 spiro atoms. The van der Waals surface area contributed by atoms with E-state index in [-0.39, 0.29) is 34.9 Å². The molecule has 17 nitrogen and oxygen atoms in total. The molecule has 468 valence electrons. The minimum Gasteiger partial charge on any atom is -0.478 e. The molecule has 1 aromatic heterocycles. The summed E-state index contributed by atoms with van der Waals surface area (Å²) in [4.78, 5) is 34.1. The van der Waals surface area contributed by atoms with Gasteiger partial charge in [0.15, 0.2) is 0 Å². The number of nitrogens with one attached hydrogen (secondary N) is 3. The molecule has 0 aliphatic carbocycles. The first kappa shape index (κ1) is 67.2. The van der Waals surface area contributed by atoms with E-state index in [1.165, 1.54) is 35.7 Å². The van der Waals surface area contributed by atoms with E-state index >= 15 is 0 Å². The van der Waals surface area contributed by atoms with Crippen molar-refractivity contribution in [1.82, 2.24) is 0 Å². The largest absolute Gasteiger partial charge is 0.478 e. The highest BCUT2D eigenvalue weighted by Crippen LogP contribution is 2.30. The fourth-order valence-electron chi connectivity index (χ4n) is 9.42. The predicted molar refractivity (Wildman–Crippen MR) is 348 cm³/mol. The van der Waals surface area contributed by atoms with Crippen molar-refractivity contribution in [2.24, 2.45) is 0 Å². The van der Waals surface area contributed by atoms with Gasteiger partial charge in [-0.15, -0.1) is 11.3 Å². The van der Waals surface area contributed by atoms with Gasteiger partial charge in [-0.2, -0.15) is 0 Å². The highest BCUT2D eigenvalue weighted by atomic mass is 32.2. The number of anilines is 3. The summed E-state index contributed by atoms with van der Waals surface area (Å²) >= 11 is 0.828. The molecule has 0 radical (unpaired) electrons. The lowest BCUT2D eigenvalue weighted by atomic mass is 10.00. The van der Waals surface area contributed by atoms with Crippen molar-refractivity contribution in [2.75, 3.05) is 14.2 Å². The molecule has 23 heteroatoms. The van der Waals surface area contributed by atoms with Gasteiger partial charge in [0.2, 0.25) is 9.84 Å². The Bertz CT molecular complexity index is 4560. The Morgan fingerprint density at radius 3 is 1.14 bits per heavy atom. The normalized spacial score (nSPS) is 11.4. The number of benzene rings is 9. The van der Waals surface area contributed by atoms with Crippen LogP contribution in [0.4, 0.5) is 21.5 Å². The van der Waals surface area contributed by atoms with E-state index in [1.807, 2.05) is 37.3 Å². The summed E-state index contributed by atoms with van der Waals surface area (Å²) in [6.45, 7) is 1.84. The molecule has 9 aromatic carbocycles. The highest BCUT2D eigenvalue weighted by molar-refractivity contribution is 7.95. The number of thiophene rings is 1. The molecule has 6 N–H and O–H groups in total. The zero-order valence-corrected chi connectivity index (χ0v) is 52.6. The number of sulfonamides is 3. The van der Waals surface area contributed by atoms with E-state index in [1.54, 1.807) is 158 Å². The van der Waals surface area contributed by atoms with Gasteiger partial charge in [-0.3, -0.25) is 14.2 Å². The monoisotopic (exact) mass is 1320 g/mol. The third kappa shape index (κ3) is 18.7. The van der Waals surface area contributed by atoms with E-state index in [9.17, 15) is 67.8 Å². The van der Waals surface area contributed by atoms with Gasteiger partial charge in [0.05, 0.1) is 36.3 Å². The third-order valence-electron chi connectivity index (χ3n) is 13.9. The van der Waals surface area contributed by atoms with Gasteiger partial charge in [0, 0.05) is 22.4 Å². The minimum absolute atomic E-state index is 0.0834. The first-order valence-corrected chi connectivity index (χ1v) is 34.7. The van der Waals surface area contributed by atoms with E-state index in [2.05, 4.69) is 14.2 Å². The Morgan fingerprint density at radius 1 is 0.374 bits per heavy atom. The van der Waals surface area contributed by atoms with Crippen molar-refractivity contribution in [2.45, 2.75) is 69.2 Å². The zero-order valence-electron chi connectivity index (χ0n) is 48.5. The van der Waals surface area contributed by atoms with Crippen LogP contribution >= 0.6 is 11.3 Å². The van der Waals surface area contributed by atoms with Gasteiger partial charge in [-0.05, 0) is 188 Å². The second kappa shape index (κ2) is 30.2. The SMILES string of the molecule is Cc1cccc(S(=O)(=O)Nc2cccc(CCc3ccccc3C(=O)O)c2)c1.O=C(O)c1ccccc1CCc1cccc(NS(=O)(=O)c2cc(S(=O)(=O)c3ccccc3)cs2)c1.O=C(O)c1ccccc1CCc1cccc(NS(=O)(=O)c2cccc(F)c2)c1. The topological polar surface area (TPSA) is 285 Å². The first-order chi connectivity index (χ1) is 43.4. The molecule has 0 saturated carbocycles. The molecule has 0 amide bonds. The summed E-state index contributed by atoms with van der Waals surface area (Å²) in [5, 5.41) is 29.2. The number of hydrogen-bond donors (Lipinski definition) is 6. The van der Waals surface area contributed by atoms with Crippen LogP contribution in [0, 0.1) is 12.7 Å². The molecule has 10 rings (SSSR count). The second-order valence-corrected chi connectivity index (χ2v) is 28.6. The second-order valence-electron chi connectivity index (χ2n) is 20.5. The Kier molecular flexibility index (Phi) is 22.3. The number of sulfone groups is 1. The van der Waals surface area contributed by atoms with E-state index < -0.39 is 63.6 Å². The molecule has 0 aliphatic rings. The summed E-state index contributed by atoms with van der Waals surface area (Å²) in [6.07, 6.45) is 3.19. The third-order valence-corrected chi connectivity index (χ3v) is 21.4. The Hall–Kier alpha value is -9.78. The predicted octanol–water partition coefficient (Wildman–Crippen LogP) is 13.3. The van der Waals surface area contributed by atoms with Crippen LogP contribution in [0.25, 0.3) is 0 Å². The summed E-state index contributed by atoms with van der Waals surface area (Å²) in [5.74, 6) is -3.55. The quantitative estimate of drug-likeness (QED) is 0.0347. The average molecular weight is 1320 g/mol. The summed E-state index contributed by atoms with van der Waals surface area (Å²) in [7, 11) is -15.4. The number of aromatic carboxylic acids is 3. The average Bonchev–Trinajstić information content (AvgIpc) is 1.75. The summed E-state index contributed by atoms with van der Waals surface area (Å²) < 4.78 is 122.